The number of rotatable bonds is 4. The van der Waals surface area contributed by atoms with Crippen LogP contribution < -0.4 is 10.2 Å². The van der Waals surface area contributed by atoms with Gasteiger partial charge in [0.1, 0.15) is 0 Å². The lowest BCUT2D eigenvalue weighted by molar-refractivity contribution is 0.207. The SMILES string of the molecule is CCc1sc(N2CCN(C(=O)Nc3onc(C)c3C)CC2)nc1-c1ccccc1. The van der Waals surface area contributed by atoms with Gasteiger partial charge in [0.15, 0.2) is 5.13 Å². The molecule has 29 heavy (non-hydrogen) atoms. The van der Waals surface area contributed by atoms with Crippen LogP contribution in [0.5, 0.6) is 0 Å². The average Bonchev–Trinajstić information content (AvgIpc) is 3.33. The Bertz CT molecular complexity index is 990. The number of thiazole rings is 1. The summed E-state index contributed by atoms with van der Waals surface area (Å²) in [5, 5.41) is 7.74. The highest BCUT2D eigenvalue weighted by Gasteiger charge is 2.25. The molecule has 1 saturated heterocycles. The van der Waals surface area contributed by atoms with E-state index in [2.05, 4.69) is 34.4 Å². The van der Waals surface area contributed by atoms with Crippen LogP contribution in [-0.4, -0.2) is 47.3 Å². The second-order valence-electron chi connectivity index (χ2n) is 7.11. The van der Waals surface area contributed by atoms with Crippen LogP contribution in [-0.2, 0) is 6.42 Å². The van der Waals surface area contributed by atoms with Crippen molar-refractivity contribution in [2.75, 3.05) is 36.4 Å². The number of nitrogens with one attached hydrogen (secondary N) is 1. The first-order valence-corrected chi connectivity index (χ1v) is 10.7. The van der Waals surface area contributed by atoms with Crippen molar-refractivity contribution < 1.29 is 9.32 Å². The standard InChI is InChI=1S/C21H25N5O2S/c1-4-17-18(16-8-6-5-7-9-16)22-21(29-17)26-12-10-25(11-13-26)20(27)23-19-14(2)15(3)24-28-19/h5-9H,4,10-13H2,1-3H3,(H,23,27). The number of aromatic nitrogens is 2. The number of anilines is 2. The topological polar surface area (TPSA) is 74.5 Å². The van der Waals surface area contributed by atoms with Gasteiger partial charge in [0.25, 0.3) is 0 Å². The molecule has 3 heterocycles. The molecule has 0 radical (unpaired) electrons. The fourth-order valence-electron chi connectivity index (χ4n) is 3.34. The summed E-state index contributed by atoms with van der Waals surface area (Å²) >= 11 is 1.75. The molecule has 0 unspecified atom stereocenters. The number of hydrogen-bond acceptors (Lipinski definition) is 6. The summed E-state index contributed by atoms with van der Waals surface area (Å²) in [4.78, 5) is 22.9. The van der Waals surface area contributed by atoms with E-state index in [0.29, 0.717) is 19.0 Å². The molecule has 152 valence electrons. The smallest absolute Gasteiger partial charge is 0.324 e. The van der Waals surface area contributed by atoms with Crippen molar-refractivity contribution in [1.29, 1.82) is 0 Å². The number of carbonyl (C=O) groups is 1. The molecule has 1 N–H and O–H groups in total. The number of carbonyl (C=O) groups excluding carboxylic acids is 1. The zero-order valence-corrected chi connectivity index (χ0v) is 17.8. The summed E-state index contributed by atoms with van der Waals surface area (Å²) in [6.45, 7) is 8.70. The minimum absolute atomic E-state index is 0.151. The second-order valence-corrected chi connectivity index (χ2v) is 8.18. The summed E-state index contributed by atoms with van der Waals surface area (Å²) in [5.41, 5.74) is 3.88. The van der Waals surface area contributed by atoms with Gasteiger partial charge in [-0.1, -0.05) is 42.4 Å². The van der Waals surface area contributed by atoms with Crippen molar-refractivity contribution in [3.63, 3.8) is 0 Å². The Hall–Kier alpha value is -2.87. The summed E-state index contributed by atoms with van der Waals surface area (Å²) in [5.74, 6) is 0.426. The van der Waals surface area contributed by atoms with Gasteiger partial charge in [0.05, 0.1) is 11.4 Å². The molecular weight excluding hydrogens is 386 g/mol. The monoisotopic (exact) mass is 411 g/mol. The Morgan fingerprint density at radius 2 is 1.90 bits per heavy atom. The van der Waals surface area contributed by atoms with Gasteiger partial charge in [-0.2, -0.15) is 0 Å². The Balaban J connectivity index is 1.41. The fraction of sp³-hybridized carbons (Fsp3) is 0.381. The number of hydrogen-bond donors (Lipinski definition) is 1. The minimum Gasteiger partial charge on any atom is -0.345 e. The summed E-state index contributed by atoms with van der Waals surface area (Å²) in [7, 11) is 0. The van der Waals surface area contributed by atoms with Gasteiger partial charge < -0.3 is 14.3 Å². The number of nitrogens with zero attached hydrogens (tertiary/aromatic N) is 4. The number of aryl methyl sites for hydroxylation is 2. The number of amides is 2. The van der Waals surface area contributed by atoms with Crippen molar-refractivity contribution >= 4 is 28.4 Å². The molecule has 1 aromatic carbocycles. The zero-order valence-electron chi connectivity index (χ0n) is 16.9. The molecule has 0 bridgehead atoms. The summed E-state index contributed by atoms with van der Waals surface area (Å²) in [6, 6.07) is 10.2. The molecule has 0 spiro atoms. The van der Waals surface area contributed by atoms with Crippen LogP contribution in [0.3, 0.4) is 0 Å². The van der Waals surface area contributed by atoms with Crippen molar-refractivity contribution in [3.05, 3.63) is 46.5 Å². The lowest BCUT2D eigenvalue weighted by Crippen LogP contribution is -2.50. The molecule has 3 aromatic rings. The van der Waals surface area contributed by atoms with E-state index in [-0.39, 0.29) is 6.03 Å². The van der Waals surface area contributed by atoms with Crippen LogP contribution >= 0.6 is 11.3 Å². The van der Waals surface area contributed by atoms with E-state index in [1.54, 1.807) is 16.2 Å². The van der Waals surface area contributed by atoms with Gasteiger partial charge in [-0.3, -0.25) is 5.32 Å². The van der Waals surface area contributed by atoms with Gasteiger partial charge in [0, 0.05) is 42.2 Å². The molecule has 4 rings (SSSR count). The van der Waals surface area contributed by atoms with Crippen LogP contribution in [0.4, 0.5) is 15.8 Å². The number of piperazine rings is 1. The molecule has 2 aromatic heterocycles. The Morgan fingerprint density at radius 1 is 1.17 bits per heavy atom. The molecule has 2 amide bonds. The first-order valence-electron chi connectivity index (χ1n) is 9.85. The maximum absolute atomic E-state index is 12.6. The Labute approximate surface area is 174 Å². The van der Waals surface area contributed by atoms with E-state index in [1.807, 2.05) is 32.0 Å². The van der Waals surface area contributed by atoms with Crippen molar-refractivity contribution in [1.82, 2.24) is 15.0 Å². The average molecular weight is 412 g/mol. The predicted molar refractivity (Wildman–Crippen MR) is 116 cm³/mol. The van der Waals surface area contributed by atoms with Gasteiger partial charge in [-0.05, 0) is 20.3 Å². The molecule has 1 aliphatic heterocycles. The fourth-order valence-corrected chi connectivity index (χ4v) is 4.42. The van der Waals surface area contributed by atoms with Crippen molar-refractivity contribution in [2.45, 2.75) is 27.2 Å². The van der Waals surface area contributed by atoms with E-state index in [9.17, 15) is 4.79 Å². The molecule has 1 aliphatic rings. The third-order valence-electron chi connectivity index (χ3n) is 5.27. The van der Waals surface area contributed by atoms with E-state index in [1.165, 1.54) is 4.88 Å². The highest BCUT2D eigenvalue weighted by Crippen LogP contribution is 2.34. The van der Waals surface area contributed by atoms with E-state index >= 15 is 0 Å². The van der Waals surface area contributed by atoms with Gasteiger partial charge in [0.2, 0.25) is 5.88 Å². The van der Waals surface area contributed by atoms with Crippen molar-refractivity contribution in [3.8, 4) is 11.3 Å². The highest BCUT2D eigenvalue weighted by molar-refractivity contribution is 7.16. The van der Waals surface area contributed by atoms with Crippen molar-refractivity contribution in [2.24, 2.45) is 0 Å². The normalized spacial score (nSPS) is 14.3. The predicted octanol–water partition coefficient (Wildman–Crippen LogP) is 4.33. The molecule has 1 fully saturated rings. The molecule has 7 nitrogen and oxygen atoms in total. The van der Waals surface area contributed by atoms with Gasteiger partial charge >= 0.3 is 6.03 Å². The molecule has 0 atom stereocenters. The van der Waals surface area contributed by atoms with E-state index < -0.39 is 0 Å². The maximum atomic E-state index is 12.6. The summed E-state index contributed by atoms with van der Waals surface area (Å²) < 4.78 is 5.19. The zero-order chi connectivity index (χ0) is 20.4. The first kappa shape index (κ1) is 19.4. The third-order valence-corrected chi connectivity index (χ3v) is 6.53. The highest BCUT2D eigenvalue weighted by atomic mass is 32.1. The van der Waals surface area contributed by atoms with Gasteiger partial charge in [-0.25, -0.2) is 9.78 Å². The molecule has 8 heteroatoms. The molecular formula is C21H25N5O2S. The summed E-state index contributed by atoms with van der Waals surface area (Å²) in [6.07, 6.45) is 0.959. The van der Waals surface area contributed by atoms with Crippen LogP contribution in [0.15, 0.2) is 34.9 Å². The van der Waals surface area contributed by atoms with Gasteiger partial charge in [-0.15, -0.1) is 11.3 Å². The molecule has 0 aliphatic carbocycles. The van der Waals surface area contributed by atoms with Crippen LogP contribution in [0, 0.1) is 13.8 Å². The van der Waals surface area contributed by atoms with Crippen LogP contribution in [0.2, 0.25) is 0 Å². The van der Waals surface area contributed by atoms with E-state index in [0.717, 1.165) is 47.2 Å². The van der Waals surface area contributed by atoms with Crippen LogP contribution in [0.1, 0.15) is 23.1 Å². The molecule has 0 saturated carbocycles. The quantitative estimate of drug-likeness (QED) is 0.692. The lowest BCUT2D eigenvalue weighted by atomic mass is 10.1. The lowest BCUT2D eigenvalue weighted by Gasteiger charge is -2.34. The Morgan fingerprint density at radius 3 is 2.52 bits per heavy atom. The van der Waals surface area contributed by atoms with Crippen LogP contribution in [0.25, 0.3) is 11.3 Å². The minimum atomic E-state index is -0.151. The van der Waals surface area contributed by atoms with E-state index in [4.69, 9.17) is 9.51 Å². The Kier molecular flexibility index (Phi) is 5.53. The first-order chi connectivity index (χ1) is 14.1. The largest absolute Gasteiger partial charge is 0.345 e. The third kappa shape index (κ3) is 3.98. The number of urea groups is 1. The number of benzene rings is 1. The maximum Gasteiger partial charge on any atom is 0.324 e. The second kappa shape index (κ2) is 8.24.